The molecule has 1 aromatic heterocycles. The number of hydrogen-bond acceptors (Lipinski definition) is 3. The smallest absolute Gasteiger partial charge is 0.318 e. The third kappa shape index (κ3) is 4.68. The second kappa shape index (κ2) is 8.87. The fourth-order valence-electron chi connectivity index (χ4n) is 3.61. The number of nitrogens with zero attached hydrogens (tertiary/aromatic N) is 3. The lowest BCUT2D eigenvalue weighted by Crippen LogP contribution is -2.44. The summed E-state index contributed by atoms with van der Waals surface area (Å²) in [5, 5.41) is 3.20. The lowest BCUT2D eigenvalue weighted by Gasteiger charge is -2.27. The van der Waals surface area contributed by atoms with E-state index in [-0.39, 0.29) is 18.0 Å². The first-order valence-corrected chi connectivity index (χ1v) is 9.73. The van der Waals surface area contributed by atoms with Crippen LogP contribution >= 0.6 is 0 Å². The number of urea groups is 1. The monoisotopic (exact) mass is 380 g/mol. The Hall–Kier alpha value is -2.89. The number of benzene rings is 1. The predicted molar refractivity (Wildman–Crippen MR) is 109 cm³/mol. The fraction of sp³-hybridized carbons (Fsp3) is 0.409. The summed E-state index contributed by atoms with van der Waals surface area (Å²) in [5.74, 6) is 0.0610. The maximum absolute atomic E-state index is 13.1. The summed E-state index contributed by atoms with van der Waals surface area (Å²) in [5.41, 5.74) is 4.29. The van der Waals surface area contributed by atoms with Crippen molar-refractivity contribution in [1.82, 2.24) is 20.1 Å². The van der Waals surface area contributed by atoms with Gasteiger partial charge in [0.1, 0.15) is 0 Å². The molecule has 0 bridgehead atoms. The van der Waals surface area contributed by atoms with E-state index in [1.807, 2.05) is 12.1 Å². The largest absolute Gasteiger partial charge is 0.341 e. The van der Waals surface area contributed by atoms with Crippen LogP contribution in [-0.2, 0) is 4.79 Å². The Labute approximate surface area is 166 Å². The summed E-state index contributed by atoms with van der Waals surface area (Å²) in [7, 11) is 0. The first-order valence-electron chi connectivity index (χ1n) is 9.73. The molecule has 0 saturated carbocycles. The van der Waals surface area contributed by atoms with E-state index in [1.165, 1.54) is 0 Å². The van der Waals surface area contributed by atoms with E-state index in [0.717, 1.165) is 28.7 Å². The van der Waals surface area contributed by atoms with Crippen LogP contribution in [0.25, 0.3) is 0 Å². The number of carbonyl (C=O) groups excluding carboxylic acids is 2. The first kappa shape index (κ1) is 19.9. The third-order valence-electron chi connectivity index (χ3n) is 5.26. The molecule has 1 aliphatic heterocycles. The minimum atomic E-state index is -0.270. The van der Waals surface area contributed by atoms with Crippen LogP contribution in [0.3, 0.4) is 0 Å². The molecule has 6 heteroatoms. The highest BCUT2D eigenvalue weighted by atomic mass is 16.2. The van der Waals surface area contributed by atoms with Crippen LogP contribution in [0, 0.1) is 13.8 Å². The quantitative estimate of drug-likeness (QED) is 0.890. The van der Waals surface area contributed by atoms with Gasteiger partial charge < -0.3 is 15.1 Å². The van der Waals surface area contributed by atoms with Crippen molar-refractivity contribution >= 4 is 11.9 Å². The highest BCUT2D eigenvalue weighted by Crippen LogP contribution is 2.26. The predicted octanol–water partition coefficient (Wildman–Crippen LogP) is 3.05. The van der Waals surface area contributed by atoms with E-state index < -0.39 is 0 Å². The standard InChI is InChI=1S/C22H28N4O2/c1-16-7-8-17(2)20(14-16)21(19-6-4-9-23-15-19)24-22(28)26-11-5-10-25(12-13-26)18(3)27/h4,6-9,14-15,21H,5,10-13H2,1-3H3,(H,24,28)/t21-/m0/s1. The van der Waals surface area contributed by atoms with E-state index in [4.69, 9.17) is 0 Å². The van der Waals surface area contributed by atoms with Crippen LogP contribution in [0.2, 0.25) is 0 Å². The van der Waals surface area contributed by atoms with Crippen molar-refractivity contribution in [3.63, 3.8) is 0 Å². The van der Waals surface area contributed by atoms with E-state index >= 15 is 0 Å². The van der Waals surface area contributed by atoms with Gasteiger partial charge in [0.25, 0.3) is 0 Å². The summed E-state index contributed by atoms with van der Waals surface area (Å²) in [6.07, 6.45) is 4.32. The maximum Gasteiger partial charge on any atom is 0.318 e. The molecule has 0 aliphatic carbocycles. The number of carbonyl (C=O) groups is 2. The molecule has 0 radical (unpaired) electrons. The third-order valence-corrected chi connectivity index (χ3v) is 5.26. The van der Waals surface area contributed by atoms with Crippen molar-refractivity contribution in [2.24, 2.45) is 0 Å². The lowest BCUT2D eigenvalue weighted by molar-refractivity contribution is -0.128. The molecule has 148 valence electrons. The van der Waals surface area contributed by atoms with Gasteiger partial charge in [0.2, 0.25) is 5.91 Å². The van der Waals surface area contributed by atoms with Gasteiger partial charge in [-0.2, -0.15) is 0 Å². The van der Waals surface area contributed by atoms with Crippen LogP contribution < -0.4 is 5.32 Å². The average molecular weight is 380 g/mol. The van der Waals surface area contributed by atoms with Gasteiger partial charge in [-0.1, -0.05) is 29.8 Å². The van der Waals surface area contributed by atoms with Gasteiger partial charge in [-0.15, -0.1) is 0 Å². The van der Waals surface area contributed by atoms with Crippen molar-refractivity contribution in [2.45, 2.75) is 33.2 Å². The minimum Gasteiger partial charge on any atom is -0.341 e. The molecule has 1 saturated heterocycles. The molecule has 6 nitrogen and oxygen atoms in total. The van der Waals surface area contributed by atoms with E-state index in [2.05, 4.69) is 42.3 Å². The van der Waals surface area contributed by atoms with Crippen LogP contribution in [-0.4, -0.2) is 52.9 Å². The van der Waals surface area contributed by atoms with Gasteiger partial charge in [-0.25, -0.2) is 4.79 Å². The van der Waals surface area contributed by atoms with Crippen molar-refractivity contribution in [3.05, 3.63) is 65.0 Å². The van der Waals surface area contributed by atoms with Crippen LogP contribution in [0.15, 0.2) is 42.7 Å². The molecule has 1 aromatic carbocycles. The topological polar surface area (TPSA) is 65.5 Å². The van der Waals surface area contributed by atoms with Gasteiger partial charge in [-0.05, 0) is 43.0 Å². The Kier molecular flexibility index (Phi) is 6.29. The second-order valence-corrected chi connectivity index (χ2v) is 7.38. The van der Waals surface area contributed by atoms with Crippen LogP contribution in [0.4, 0.5) is 4.79 Å². The van der Waals surface area contributed by atoms with Gasteiger partial charge in [0, 0.05) is 45.5 Å². The van der Waals surface area contributed by atoms with Crippen molar-refractivity contribution < 1.29 is 9.59 Å². The number of hydrogen-bond donors (Lipinski definition) is 1. The molecule has 1 aliphatic rings. The summed E-state index contributed by atoms with van der Waals surface area (Å²) < 4.78 is 0. The van der Waals surface area contributed by atoms with Crippen LogP contribution in [0.1, 0.15) is 41.6 Å². The molecule has 3 amide bonds. The van der Waals surface area contributed by atoms with Crippen molar-refractivity contribution in [3.8, 4) is 0 Å². The molecule has 2 heterocycles. The number of amides is 3. The zero-order valence-corrected chi connectivity index (χ0v) is 16.8. The normalized spacial score (nSPS) is 15.7. The number of aromatic nitrogens is 1. The van der Waals surface area contributed by atoms with E-state index in [1.54, 1.807) is 29.1 Å². The van der Waals surface area contributed by atoms with Crippen LogP contribution in [0.5, 0.6) is 0 Å². The van der Waals surface area contributed by atoms with Gasteiger partial charge in [0.15, 0.2) is 0 Å². The molecular formula is C22H28N4O2. The summed E-state index contributed by atoms with van der Waals surface area (Å²) in [6.45, 7) is 8.14. The summed E-state index contributed by atoms with van der Waals surface area (Å²) >= 11 is 0. The second-order valence-electron chi connectivity index (χ2n) is 7.38. The highest BCUT2D eigenvalue weighted by molar-refractivity contribution is 5.76. The van der Waals surface area contributed by atoms with Gasteiger partial charge in [0.05, 0.1) is 6.04 Å². The highest BCUT2D eigenvalue weighted by Gasteiger charge is 2.24. The Morgan fingerprint density at radius 2 is 1.82 bits per heavy atom. The lowest BCUT2D eigenvalue weighted by atomic mass is 9.94. The molecule has 28 heavy (non-hydrogen) atoms. The first-order chi connectivity index (χ1) is 13.5. The SMILES string of the molecule is CC(=O)N1CCCN(C(=O)N[C@@H](c2cccnc2)c2cc(C)ccc2C)CC1. The molecule has 1 N–H and O–H groups in total. The van der Waals surface area contributed by atoms with E-state index in [9.17, 15) is 9.59 Å². The van der Waals surface area contributed by atoms with Gasteiger partial charge in [-0.3, -0.25) is 9.78 Å². The molecule has 3 rings (SSSR count). The zero-order chi connectivity index (χ0) is 20.1. The summed E-state index contributed by atoms with van der Waals surface area (Å²) in [4.78, 5) is 32.6. The zero-order valence-electron chi connectivity index (χ0n) is 16.8. The average Bonchev–Trinajstić information content (AvgIpc) is 2.95. The van der Waals surface area contributed by atoms with Crippen molar-refractivity contribution in [2.75, 3.05) is 26.2 Å². The Morgan fingerprint density at radius 1 is 1.07 bits per heavy atom. The number of pyridine rings is 1. The van der Waals surface area contributed by atoms with Crippen molar-refractivity contribution in [1.29, 1.82) is 0 Å². The Balaban J connectivity index is 1.83. The van der Waals surface area contributed by atoms with Gasteiger partial charge >= 0.3 is 6.03 Å². The number of nitrogens with one attached hydrogen (secondary N) is 1. The molecule has 1 fully saturated rings. The number of rotatable bonds is 3. The molecule has 1 atom stereocenters. The minimum absolute atomic E-state index is 0.0610. The Morgan fingerprint density at radius 3 is 2.54 bits per heavy atom. The number of aryl methyl sites for hydroxylation is 2. The fourth-order valence-corrected chi connectivity index (χ4v) is 3.61. The Bertz CT molecular complexity index is 838. The molecular weight excluding hydrogens is 352 g/mol. The molecule has 0 spiro atoms. The molecule has 2 aromatic rings. The maximum atomic E-state index is 13.1. The summed E-state index contributed by atoms with van der Waals surface area (Å²) in [6, 6.07) is 9.76. The van der Waals surface area contributed by atoms with E-state index in [0.29, 0.717) is 26.2 Å². The molecule has 0 unspecified atom stereocenters.